The Balaban J connectivity index is 2.71. The first-order chi connectivity index (χ1) is 10.7. The van der Waals surface area contributed by atoms with Crippen molar-refractivity contribution in [1.82, 2.24) is 9.80 Å². The van der Waals surface area contributed by atoms with Gasteiger partial charge in [0.2, 0.25) is 5.91 Å². The third-order valence-electron chi connectivity index (χ3n) is 3.61. The molecule has 0 saturated heterocycles. The number of hydrogen-bond donors (Lipinski definition) is 0. The molecule has 23 heavy (non-hydrogen) atoms. The lowest BCUT2D eigenvalue weighted by molar-refractivity contribution is -0.135. The van der Waals surface area contributed by atoms with Gasteiger partial charge in [0.15, 0.2) is 0 Å². The minimum Gasteiger partial charge on any atom is -0.465 e. The number of esters is 1. The molecule has 6 nitrogen and oxygen atoms in total. The highest BCUT2D eigenvalue weighted by atomic mass is 16.5. The topological polar surface area (TPSA) is 63.0 Å². The van der Waals surface area contributed by atoms with Gasteiger partial charge in [0, 0.05) is 12.1 Å². The third-order valence-corrected chi connectivity index (χ3v) is 3.61. The van der Waals surface area contributed by atoms with Gasteiger partial charge < -0.3 is 14.1 Å². The van der Waals surface area contributed by atoms with Crippen molar-refractivity contribution in [2.75, 3.05) is 20.7 Å². The van der Waals surface area contributed by atoms with Crippen LogP contribution in [0.25, 0.3) is 0 Å². The van der Waals surface area contributed by atoms with E-state index in [0.29, 0.717) is 30.2 Å². The van der Waals surface area contributed by atoms with Gasteiger partial charge in [-0.1, -0.05) is 0 Å². The van der Waals surface area contributed by atoms with E-state index in [0.717, 1.165) is 0 Å². The van der Waals surface area contributed by atoms with Crippen molar-refractivity contribution in [3.05, 3.63) is 23.2 Å². The van der Waals surface area contributed by atoms with Gasteiger partial charge in [-0.15, -0.1) is 0 Å². The predicted octanol–water partition coefficient (Wildman–Crippen LogP) is 2.45. The van der Waals surface area contributed by atoms with Crippen LogP contribution in [0, 0.1) is 6.92 Å². The second-order valence-corrected chi connectivity index (χ2v) is 6.33. The zero-order valence-corrected chi connectivity index (χ0v) is 15.2. The minimum atomic E-state index is -0.415. The smallest absolute Gasteiger partial charge is 0.341 e. The van der Waals surface area contributed by atoms with Gasteiger partial charge in [0.1, 0.15) is 17.1 Å². The Labute approximate surface area is 138 Å². The molecular formula is C17H28N2O4. The van der Waals surface area contributed by atoms with Crippen LogP contribution in [-0.2, 0) is 16.1 Å². The van der Waals surface area contributed by atoms with Crippen molar-refractivity contribution in [2.24, 2.45) is 0 Å². The van der Waals surface area contributed by atoms with Crippen molar-refractivity contribution < 1.29 is 18.7 Å². The Morgan fingerprint density at radius 2 is 1.78 bits per heavy atom. The summed E-state index contributed by atoms with van der Waals surface area (Å²) in [6, 6.07) is 1.99. The van der Waals surface area contributed by atoms with Crippen molar-refractivity contribution in [3.8, 4) is 0 Å². The molecule has 1 heterocycles. The van der Waals surface area contributed by atoms with Crippen LogP contribution < -0.4 is 0 Å². The van der Waals surface area contributed by atoms with Crippen molar-refractivity contribution in [3.63, 3.8) is 0 Å². The summed E-state index contributed by atoms with van der Waals surface area (Å²) >= 11 is 0. The first-order valence-electron chi connectivity index (χ1n) is 7.84. The molecule has 0 spiro atoms. The number of likely N-dealkylation sites (N-methyl/N-ethyl adjacent to an activating group) is 1. The third kappa shape index (κ3) is 5.10. The van der Waals surface area contributed by atoms with E-state index in [1.54, 1.807) is 13.0 Å². The Kier molecular flexibility index (Phi) is 6.81. The number of carbonyl (C=O) groups excluding carboxylic acids is 2. The quantitative estimate of drug-likeness (QED) is 0.721. The fourth-order valence-corrected chi connectivity index (χ4v) is 2.74. The molecule has 1 aromatic rings. The first-order valence-corrected chi connectivity index (χ1v) is 7.84. The fraction of sp³-hybridized carbons (Fsp3) is 0.647. The van der Waals surface area contributed by atoms with Crippen LogP contribution in [0.5, 0.6) is 0 Å². The second-order valence-electron chi connectivity index (χ2n) is 6.33. The molecule has 0 aromatic carbocycles. The predicted molar refractivity (Wildman–Crippen MR) is 88.2 cm³/mol. The molecule has 130 valence electrons. The lowest BCUT2D eigenvalue weighted by atomic mass is 10.2. The van der Waals surface area contributed by atoms with E-state index in [1.807, 2.05) is 44.5 Å². The number of ether oxygens (including phenoxy) is 1. The second kappa shape index (κ2) is 8.15. The number of carbonyl (C=O) groups is 2. The standard InChI is InChI=1S/C17H28N2O4/c1-11(2)19(12(3)4)16(20)10-18(6)9-14-8-15(13(5)23-14)17(21)22-7/h8,11-12H,9-10H2,1-7H3. The summed E-state index contributed by atoms with van der Waals surface area (Å²) in [5.41, 5.74) is 0.424. The van der Waals surface area contributed by atoms with E-state index in [9.17, 15) is 9.59 Å². The summed E-state index contributed by atoms with van der Waals surface area (Å²) in [7, 11) is 3.19. The molecule has 0 fully saturated rings. The number of furan rings is 1. The van der Waals surface area contributed by atoms with Crippen LogP contribution in [0.2, 0.25) is 0 Å². The molecule has 0 radical (unpaired) electrons. The molecule has 1 aromatic heterocycles. The summed E-state index contributed by atoms with van der Waals surface area (Å²) < 4.78 is 10.3. The van der Waals surface area contributed by atoms with Gasteiger partial charge >= 0.3 is 5.97 Å². The molecule has 0 N–H and O–H groups in total. The molecule has 0 atom stereocenters. The van der Waals surface area contributed by atoms with Gasteiger partial charge in [-0.05, 0) is 47.7 Å². The molecule has 0 saturated carbocycles. The lowest BCUT2D eigenvalue weighted by Crippen LogP contribution is -2.46. The number of methoxy groups -OCH3 is 1. The van der Waals surface area contributed by atoms with Crippen molar-refractivity contribution in [2.45, 2.75) is 53.2 Å². The zero-order chi connectivity index (χ0) is 17.7. The molecule has 0 unspecified atom stereocenters. The van der Waals surface area contributed by atoms with Gasteiger partial charge in [-0.25, -0.2) is 4.79 Å². The molecule has 1 rings (SSSR count). The van der Waals surface area contributed by atoms with Crippen LogP contribution in [0.4, 0.5) is 0 Å². The maximum absolute atomic E-state index is 12.4. The molecule has 1 amide bonds. The monoisotopic (exact) mass is 324 g/mol. The van der Waals surface area contributed by atoms with E-state index < -0.39 is 5.97 Å². The van der Waals surface area contributed by atoms with E-state index in [2.05, 4.69) is 0 Å². The highest BCUT2D eigenvalue weighted by Gasteiger charge is 2.22. The van der Waals surface area contributed by atoms with Crippen molar-refractivity contribution in [1.29, 1.82) is 0 Å². The Hall–Kier alpha value is -1.82. The summed E-state index contributed by atoms with van der Waals surface area (Å²) in [5, 5.41) is 0. The number of hydrogen-bond acceptors (Lipinski definition) is 5. The highest BCUT2D eigenvalue weighted by Crippen LogP contribution is 2.17. The van der Waals surface area contributed by atoms with E-state index in [-0.39, 0.29) is 18.0 Å². The maximum atomic E-state index is 12.4. The van der Waals surface area contributed by atoms with Gasteiger partial charge in [0.05, 0.1) is 20.2 Å². The van der Waals surface area contributed by atoms with Crippen LogP contribution in [0.15, 0.2) is 10.5 Å². The van der Waals surface area contributed by atoms with Crippen LogP contribution in [0.1, 0.15) is 49.6 Å². The number of rotatable bonds is 7. The largest absolute Gasteiger partial charge is 0.465 e. The van der Waals surface area contributed by atoms with Crippen LogP contribution in [0.3, 0.4) is 0 Å². The molecule has 6 heteroatoms. The van der Waals surface area contributed by atoms with Gasteiger partial charge in [-0.3, -0.25) is 9.69 Å². The molecule has 0 aliphatic rings. The normalized spacial score (nSPS) is 11.4. The number of nitrogens with zero attached hydrogens (tertiary/aromatic N) is 2. The first kappa shape index (κ1) is 19.2. The Morgan fingerprint density at radius 3 is 2.26 bits per heavy atom. The van der Waals surface area contributed by atoms with E-state index in [4.69, 9.17) is 9.15 Å². The van der Waals surface area contributed by atoms with Gasteiger partial charge in [-0.2, -0.15) is 0 Å². The van der Waals surface area contributed by atoms with E-state index >= 15 is 0 Å². The average Bonchev–Trinajstić information content (AvgIpc) is 2.77. The van der Waals surface area contributed by atoms with Crippen LogP contribution in [-0.4, -0.2) is 54.5 Å². The number of aryl methyl sites for hydroxylation is 1. The van der Waals surface area contributed by atoms with E-state index in [1.165, 1.54) is 7.11 Å². The molecule has 0 aliphatic carbocycles. The maximum Gasteiger partial charge on any atom is 0.341 e. The SMILES string of the molecule is COC(=O)c1cc(CN(C)CC(=O)N(C(C)C)C(C)C)oc1C. The lowest BCUT2D eigenvalue weighted by Gasteiger charge is -2.32. The Bertz CT molecular complexity index is 541. The molecule has 0 bridgehead atoms. The Morgan fingerprint density at radius 1 is 1.22 bits per heavy atom. The highest BCUT2D eigenvalue weighted by molar-refractivity contribution is 5.90. The number of amides is 1. The summed E-state index contributed by atoms with van der Waals surface area (Å²) in [6.45, 7) is 10.5. The average molecular weight is 324 g/mol. The summed E-state index contributed by atoms with van der Waals surface area (Å²) in [6.07, 6.45) is 0. The zero-order valence-electron chi connectivity index (χ0n) is 15.2. The molecular weight excluding hydrogens is 296 g/mol. The summed E-state index contributed by atoms with van der Waals surface area (Å²) in [4.78, 5) is 27.8. The molecule has 0 aliphatic heterocycles. The van der Waals surface area contributed by atoms with Crippen LogP contribution >= 0.6 is 0 Å². The van der Waals surface area contributed by atoms with Crippen molar-refractivity contribution >= 4 is 11.9 Å². The summed E-state index contributed by atoms with van der Waals surface area (Å²) in [5.74, 6) is 0.826. The van der Waals surface area contributed by atoms with Gasteiger partial charge in [0.25, 0.3) is 0 Å². The fourth-order valence-electron chi connectivity index (χ4n) is 2.74. The minimum absolute atomic E-state index is 0.0777.